The lowest BCUT2D eigenvalue weighted by atomic mass is 9.92. The zero-order valence-corrected chi connectivity index (χ0v) is 16.0. The van der Waals surface area contributed by atoms with Crippen molar-refractivity contribution in [2.45, 2.75) is 37.2 Å². The van der Waals surface area contributed by atoms with E-state index >= 15 is 0 Å². The van der Waals surface area contributed by atoms with Gasteiger partial charge in [0, 0.05) is 32.9 Å². The van der Waals surface area contributed by atoms with E-state index in [0.29, 0.717) is 55.2 Å². The van der Waals surface area contributed by atoms with Gasteiger partial charge in [-0.25, -0.2) is 0 Å². The number of aromatic nitrogens is 1. The molecular formula is C18H21N3O5S. The Morgan fingerprint density at radius 1 is 1.26 bits per heavy atom. The molecule has 8 nitrogen and oxygen atoms in total. The van der Waals surface area contributed by atoms with Crippen LogP contribution in [0.5, 0.6) is 5.75 Å². The van der Waals surface area contributed by atoms with Crippen molar-refractivity contribution in [3.63, 3.8) is 0 Å². The Labute approximate surface area is 158 Å². The molecule has 2 aliphatic rings. The van der Waals surface area contributed by atoms with Crippen LogP contribution in [0.1, 0.15) is 34.7 Å². The zero-order chi connectivity index (χ0) is 19.2. The Kier molecular flexibility index (Phi) is 4.32. The molecule has 2 aromatic rings. The second-order valence-electron chi connectivity index (χ2n) is 7.02. The lowest BCUT2D eigenvalue weighted by Crippen LogP contribution is -2.55. The number of hydrogen-bond acceptors (Lipinski definition) is 6. The van der Waals surface area contributed by atoms with E-state index in [4.69, 9.17) is 9.26 Å². The van der Waals surface area contributed by atoms with Crippen LogP contribution in [-0.4, -0.2) is 45.2 Å². The number of sulfonamides is 1. The number of hydrogen-bond donors (Lipinski definition) is 1. The van der Waals surface area contributed by atoms with Crippen molar-refractivity contribution in [3.8, 4) is 5.75 Å². The SMILES string of the molecule is Cc1noc(C)c1[S+](=O)([O-])N1CCC2(CC1)CNC(=O)c1ccccc1O2. The maximum Gasteiger partial charge on any atom is 0.255 e. The number of para-hydroxylation sites is 1. The second kappa shape index (κ2) is 6.43. The third-order valence-corrected chi connectivity index (χ3v) is 7.37. The lowest BCUT2D eigenvalue weighted by Gasteiger charge is -2.41. The van der Waals surface area contributed by atoms with Gasteiger partial charge in [0.05, 0.1) is 12.1 Å². The molecule has 3 heterocycles. The smallest absolute Gasteiger partial charge is 0.255 e. The van der Waals surface area contributed by atoms with Gasteiger partial charge in [-0.3, -0.25) is 4.79 Å². The molecule has 144 valence electrons. The van der Waals surface area contributed by atoms with Crippen LogP contribution < -0.4 is 10.1 Å². The molecule has 1 amide bonds. The van der Waals surface area contributed by atoms with E-state index in [9.17, 15) is 13.6 Å². The second-order valence-corrected chi connectivity index (χ2v) is 8.90. The highest BCUT2D eigenvalue weighted by atomic mass is 32.3. The van der Waals surface area contributed by atoms with Gasteiger partial charge in [0.25, 0.3) is 5.91 Å². The van der Waals surface area contributed by atoms with Crippen LogP contribution in [0, 0.1) is 13.8 Å². The maximum absolute atomic E-state index is 13.0. The molecule has 1 saturated heterocycles. The summed E-state index contributed by atoms with van der Waals surface area (Å²) in [7, 11) is -3.68. The van der Waals surface area contributed by atoms with E-state index in [1.165, 1.54) is 4.31 Å². The highest BCUT2D eigenvalue weighted by Gasteiger charge is 2.46. The van der Waals surface area contributed by atoms with Crippen molar-refractivity contribution >= 4 is 16.3 Å². The highest BCUT2D eigenvalue weighted by Crippen LogP contribution is 2.36. The van der Waals surface area contributed by atoms with Gasteiger partial charge in [0.2, 0.25) is 4.90 Å². The fourth-order valence-electron chi connectivity index (χ4n) is 3.73. The molecule has 27 heavy (non-hydrogen) atoms. The number of nitrogens with one attached hydrogen (secondary N) is 1. The number of ether oxygens (including phenoxy) is 1. The molecule has 1 aromatic heterocycles. The molecule has 0 bridgehead atoms. The molecule has 0 aliphatic carbocycles. The quantitative estimate of drug-likeness (QED) is 0.783. The molecule has 1 unspecified atom stereocenters. The van der Waals surface area contributed by atoms with E-state index in [2.05, 4.69) is 10.5 Å². The number of piperidine rings is 1. The Morgan fingerprint density at radius 3 is 2.63 bits per heavy atom. The number of fused-ring (bicyclic) bond motifs is 1. The molecule has 9 heteroatoms. The van der Waals surface area contributed by atoms with Crippen LogP contribution in [0.3, 0.4) is 0 Å². The van der Waals surface area contributed by atoms with E-state index < -0.39 is 16.0 Å². The first kappa shape index (κ1) is 18.1. The Bertz CT molecular complexity index is 913. The molecule has 2 aliphatic heterocycles. The first-order valence-electron chi connectivity index (χ1n) is 8.82. The molecule has 1 atom stereocenters. The molecule has 1 fully saturated rings. The van der Waals surface area contributed by atoms with Crippen LogP contribution in [0.25, 0.3) is 0 Å². The summed E-state index contributed by atoms with van der Waals surface area (Å²) in [6.45, 7) is 4.16. The molecular weight excluding hydrogens is 370 g/mol. The fraction of sp³-hybridized carbons (Fsp3) is 0.444. The van der Waals surface area contributed by atoms with E-state index in [1.807, 2.05) is 6.07 Å². The number of amides is 1. The summed E-state index contributed by atoms with van der Waals surface area (Å²) in [5, 5.41) is 6.66. The van der Waals surface area contributed by atoms with Crippen LogP contribution in [-0.2, 0) is 14.6 Å². The third kappa shape index (κ3) is 3.05. The number of benzene rings is 1. The van der Waals surface area contributed by atoms with Crippen LogP contribution in [0.2, 0.25) is 0 Å². The molecule has 1 N–H and O–H groups in total. The predicted octanol–water partition coefficient (Wildman–Crippen LogP) is 1.85. The summed E-state index contributed by atoms with van der Waals surface area (Å²) in [6, 6.07) is 7.11. The van der Waals surface area contributed by atoms with Crippen LogP contribution in [0.4, 0.5) is 0 Å². The Hall–Kier alpha value is -2.23. The minimum absolute atomic E-state index is 0.138. The van der Waals surface area contributed by atoms with E-state index in [-0.39, 0.29) is 10.8 Å². The summed E-state index contributed by atoms with van der Waals surface area (Å²) in [6.07, 6.45) is 0.953. The largest absolute Gasteiger partial charge is 0.593 e. The average molecular weight is 391 g/mol. The minimum Gasteiger partial charge on any atom is -0.593 e. The van der Waals surface area contributed by atoms with Gasteiger partial charge >= 0.3 is 0 Å². The van der Waals surface area contributed by atoms with Gasteiger partial charge in [0.15, 0.2) is 16.2 Å². The summed E-state index contributed by atoms with van der Waals surface area (Å²) in [5.41, 5.74) is 0.243. The molecule has 1 aromatic carbocycles. The average Bonchev–Trinajstić information content (AvgIpc) is 2.93. The number of carbonyl (C=O) groups excluding carboxylic acids is 1. The monoisotopic (exact) mass is 391 g/mol. The third-order valence-electron chi connectivity index (χ3n) is 5.23. The zero-order valence-electron chi connectivity index (χ0n) is 15.2. The number of aryl methyl sites for hydroxylation is 2. The van der Waals surface area contributed by atoms with Crippen molar-refractivity contribution in [1.82, 2.24) is 14.8 Å². The molecule has 0 saturated carbocycles. The van der Waals surface area contributed by atoms with Gasteiger partial charge in [-0.05, 0) is 19.1 Å². The van der Waals surface area contributed by atoms with E-state index in [1.54, 1.807) is 32.0 Å². The first-order chi connectivity index (χ1) is 12.8. The lowest BCUT2D eigenvalue weighted by molar-refractivity contribution is 0.0232. The van der Waals surface area contributed by atoms with Crippen molar-refractivity contribution in [2.24, 2.45) is 0 Å². The summed E-state index contributed by atoms with van der Waals surface area (Å²) < 4.78 is 38.7. The number of carbonyl (C=O) groups is 1. The molecule has 1 spiro atoms. The van der Waals surface area contributed by atoms with Gasteiger partial charge in [-0.1, -0.05) is 21.5 Å². The molecule has 4 rings (SSSR count). The van der Waals surface area contributed by atoms with Crippen molar-refractivity contribution in [2.75, 3.05) is 19.6 Å². The summed E-state index contributed by atoms with van der Waals surface area (Å²) >= 11 is 0. The predicted molar refractivity (Wildman–Crippen MR) is 96.0 cm³/mol. The normalized spacial score (nSPS) is 21.7. The molecule has 0 radical (unpaired) electrons. The number of nitrogens with zero attached hydrogens (tertiary/aromatic N) is 2. The van der Waals surface area contributed by atoms with Gasteiger partial charge < -0.3 is 19.1 Å². The van der Waals surface area contributed by atoms with Crippen LogP contribution in [0.15, 0.2) is 33.7 Å². The fourth-order valence-corrected chi connectivity index (χ4v) is 5.47. The first-order valence-corrected chi connectivity index (χ1v) is 10.3. The Balaban J connectivity index is 1.55. The summed E-state index contributed by atoms with van der Waals surface area (Å²) in [5.74, 6) is 0.655. The highest BCUT2D eigenvalue weighted by molar-refractivity contribution is 7.95. The number of rotatable bonds is 2. The van der Waals surface area contributed by atoms with Gasteiger partial charge in [-0.2, -0.15) is 0 Å². The van der Waals surface area contributed by atoms with Gasteiger partial charge in [-0.15, -0.1) is 4.31 Å². The van der Waals surface area contributed by atoms with E-state index in [0.717, 1.165) is 0 Å². The van der Waals surface area contributed by atoms with Crippen molar-refractivity contribution in [3.05, 3.63) is 41.3 Å². The maximum atomic E-state index is 13.0. The Morgan fingerprint density at radius 2 is 1.96 bits per heavy atom. The standard InChI is InChI=1S/C18H21N3O5S/c1-12-16(13(2)26-20-12)27(23,24)21-9-7-18(8-10-21)11-19-17(22)14-5-3-4-6-15(14)25-18/h3-6H,7-11H2,1-2H3,(H-,19,22,23,24). The minimum atomic E-state index is -3.68. The summed E-state index contributed by atoms with van der Waals surface area (Å²) in [4.78, 5) is 12.4. The topological polar surface area (TPSA) is 108 Å². The van der Waals surface area contributed by atoms with Gasteiger partial charge in [0.1, 0.15) is 17.0 Å². The van der Waals surface area contributed by atoms with Crippen molar-refractivity contribution < 1.29 is 22.8 Å². The van der Waals surface area contributed by atoms with Crippen molar-refractivity contribution in [1.29, 1.82) is 0 Å². The van der Waals surface area contributed by atoms with Crippen LogP contribution >= 0.6 is 0 Å².